The van der Waals surface area contributed by atoms with Gasteiger partial charge < -0.3 is 20.9 Å². The predicted molar refractivity (Wildman–Crippen MR) is 121 cm³/mol. The molecule has 9 nitrogen and oxygen atoms in total. The molecular formula is C23H21N5O4. The molecule has 9 heteroatoms. The van der Waals surface area contributed by atoms with E-state index in [2.05, 4.69) is 20.5 Å². The molecule has 2 heterocycles. The Bertz CT molecular complexity index is 1360. The summed E-state index contributed by atoms with van der Waals surface area (Å²) in [7, 11) is 1.56. The number of ether oxygens (including phenoxy) is 1. The lowest BCUT2D eigenvalue weighted by Crippen LogP contribution is -2.14. The number of hydrogen-bond acceptors (Lipinski definition) is 6. The summed E-state index contributed by atoms with van der Waals surface area (Å²) in [6.45, 7) is 3.82. The molecule has 32 heavy (non-hydrogen) atoms. The minimum atomic E-state index is -1.06. The topological polar surface area (TPSA) is 143 Å². The Kier molecular flexibility index (Phi) is 5.23. The van der Waals surface area contributed by atoms with Gasteiger partial charge in [0.05, 0.1) is 35.1 Å². The second kappa shape index (κ2) is 8.03. The van der Waals surface area contributed by atoms with Crippen molar-refractivity contribution < 1.29 is 19.4 Å². The number of carbonyl (C=O) groups is 2. The number of primary amides is 1. The van der Waals surface area contributed by atoms with E-state index in [1.54, 1.807) is 25.3 Å². The minimum absolute atomic E-state index is 0.111. The van der Waals surface area contributed by atoms with Crippen molar-refractivity contribution in [3.05, 3.63) is 65.1 Å². The molecule has 0 radical (unpaired) electrons. The van der Waals surface area contributed by atoms with Crippen LogP contribution in [-0.4, -0.2) is 39.3 Å². The SMILES string of the molecule is COc1cc2c(Nc3cccc(C(=O)O)c3)c(C(N)=O)cnc2cc1-c1c(C)n[nH]c1C. The number of rotatable bonds is 6. The number of anilines is 2. The normalized spacial score (nSPS) is 10.8. The van der Waals surface area contributed by atoms with Crippen LogP contribution < -0.4 is 15.8 Å². The lowest BCUT2D eigenvalue weighted by atomic mass is 9.99. The Balaban J connectivity index is 1.95. The maximum absolute atomic E-state index is 12.1. The molecule has 2 aromatic heterocycles. The van der Waals surface area contributed by atoms with Crippen LogP contribution in [0, 0.1) is 13.8 Å². The smallest absolute Gasteiger partial charge is 0.335 e. The molecule has 2 aromatic carbocycles. The van der Waals surface area contributed by atoms with Crippen molar-refractivity contribution in [2.24, 2.45) is 5.73 Å². The van der Waals surface area contributed by atoms with Gasteiger partial charge in [0.1, 0.15) is 5.75 Å². The number of aromatic nitrogens is 3. The first-order valence-electron chi connectivity index (χ1n) is 9.73. The summed E-state index contributed by atoms with van der Waals surface area (Å²) < 4.78 is 5.65. The second-order valence-electron chi connectivity index (χ2n) is 7.30. The van der Waals surface area contributed by atoms with Gasteiger partial charge in [-0.25, -0.2) is 4.79 Å². The van der Waals surface area contributed by atoms with E-state index in [9.17, 15) is 14.7 Å². The zero-order valence-corrected chi connectivity index (χ0v) is 17.7. The van der Waals surface area contributed by atoms with Crippen LogP contribution in [0.15, 0.2) is 42.6 Å². The number of nitrogens with one attached hydrogen (secondary N) is 2. The fourth-order valence-electron chi connectivity index (χ4n) is 3.73. The highest BCUT2D eigenvalue weighted by Gasteiger charge is 2.20. The van der Waals surface area contributed by atoms with Crippen LogP contribution in [0.2, 0.25) is 0 Å². The molecule has 4 rings (SSSR count). The lowest BCUT2D eigenvalue weighted by Gasteiger charge is -2.16. The van der Waals surface area contributed by atoms with Crippen molar-refractivity contribution in [3.8, 4) is 16.9 Å². The summed E-state index contributed by atoms with van der Waals surface area (Å²) in [4.78, 5) is 27.9. The van der Waals surface area contributed by atoms with Crippen LogP contribution in [0.25, 0.3) is 22.0 Å². The molecule has 162 valence electrons. The molecule has 0 fully saturated rings. The minimum Gasteiger partial charge on any atom is -0.496 e. The molecule has 0 unspecified atom stereocenters. The third-order valence-electron chi connectivity index (χ3n) is 5.23. The summed E-state index contributed by atoms with van der Waals surface area (Å²) in [6, 6.07) is 9.92. The van der Waals surface area contributed by atoms with Crippen molar-refractivity contribution in [1.82, 2.24) is 15.2 Å². The number of carbonyl (C=O) groups excluding carboxylic acids is 1. The molecule has 0 saturated carbocycles. The van der Waals surface area contributed by atoms with E-state index in [4.69, 9.17) is 10.5 Å². The summed E-state index contributed by atoms with van der Waals surface area (Å²) in [5.41, 5.74) is 10.8. The van der Waals surface area contributed by atoms with Gasteiger partial charge in [-0.05, 0) is 44.2 Å². The Hall–Kier alpha value is -4.40. The summed E-state index contributed by atoms with van der Waals surface area (Å²) in [6.07, 6.45) is 1.40. The van der Waals surface area contributed by atoms with E-state index >= 15 is 0 Å². The highest BCUT2D eigenvalue weighted by atomic mass is 16.5. The second-order valence-corrected chi connectivity index (χ2v) is 7.30. The first-order chi connectivity index (χ1) is 15.3. The zero-order valence-electron chi connectivity index (χ0n) is 17.7. The van der Waals surface area contributed by atoms with Crippen molar-refractivity contribution >= 4 is 34.2 Å². The van der Waals surface area contributed by atoms with Gasteiger partial charge in [-0.2, -0.15) is 5.10 Å². The van der Waals surface area contributed by atoms with Crippen LogP contribution in [0.5, 0.6) is 5.75 Å². The average molecular weight is 431 g/mol. The van der Waals surface area contributed by atoms with Gasteiger partial charge in [-0.3, -0.25) is 14.9 Å². The number of methoxy groups -OCH3 is 1. The van der Waals surface area contributed by atoms with E-state index < -0.39 is 11.9 Å². The third kappa shape index (κ3) is 3.60. The number of H-pyrrole nitrogens is 1. The molecule has 4 aromatic rings. The number of pyridine rings is 1. The molecule has 0 saturated heterocycles. The fourth-order valence-corrected chi connectivity index (χ4v) is 3.73. The Morgan fingerprint density at radius 2 is 1.97 bits per heavy atom. The highest BCUT2D eigenvalue weighted by molar-refractivity contribution is 6.08. The highest BCUT2D eigenvalue weighted by Crippen LogP contribution is 2.39. The number of aryl methyl sites for hydroxylation is 2. The number of nitrogens with two attached hydrogens (primary N) is 1. The number of aromatic carboxylic acids is 1. The molecule has 0 aliphatic rings. The standard InChI is InChI=1S/C23H21N5O4/c1-11-20(12(2)28-27-11)16-8-18-15(9-19(16)32-3)21(17(10-25-18)22(24)29)26-14-6-4-5-13(7-14)23(30)31/h4-10H,1-3H3,(H2,24,29)(H,25,26)(H,27,28)(H,30,31). The Labute approximate surface area is 183 Å². The zero-order chi connectivity index (χ0) is 23.0. The number of benzene rings is 2. The molecule has 1 amide bonds. The van der Waals surface area contributed by atoms with Crippen molar-refractivity contribution in [2.45, 2.75) is 13.8 Å². The van der Waals surface area contributed by atoms with Crippen LogP contribution >= 0.6 is 0 Å². The van der Waals surface area contributed by atoms with Crippen molar-refractivity contribution in [2.75, 3.05) is 12.4 Å². The molecule has 0 aliphatic heterocycles. The summed E-state index contributed by atoms with van der Waals surface area (Å²) in [5.74, 6) is -1.16. The quantitative estimate of drug-likeness (QED) is 0.364. The van der Waals surface area contributed by atoms with E-state index in [0.717, 1.165) is 22.5 Å². The van der Waals surface area contributed by atoms with Crippen LogP contribution in [0.3, 0.4) is 0 Å². The Morgan fingerprint density at radius 1 is 1.19 bits per heavy atom. The molecule has 0 spiro atoms. The molecule has 0 aliphatic carbocycles. The number of carboxylic acid groups (broad SMARTS) is 1. The van der Waals surface area contributed by atoms with Gasteiger partial charge in [0, 0.05) is 34.1 Å². The van der Waals surface area contributed by atoms with Gasteiger partial charge in [-0.15, -0.1) is 0 Å². The van der Waals surface area contributed by atoms with Gasteiger partial charge in [-0.1, -0.05) is 6.07 Å². The number of hydrogen-bond donors (Lipinski definition) is 4. The first kappa shape index (κ1) is 20.9. The molecule has 5 N–H and O–H groups in total. The van der Waals surface area contributed by atoms with Crippen molar-refractivity contribution in [1.29, 1.82) is 0 Å². The summed E-state index contributed by atoms with van der Waals surface area (Å²) in [5, 5.41) is 20.3. The first-order valence-corrected chi connectivity index (χ1v) is 9.73. The lowest BCUT2D eigenvalue weighted by molar-refractivity contribution is 0.0696. The van der Waals surface area contributed by atoms with Crippen LogP contribution in [0.1, 0.15) is 32.1 Å². The average Bonchev–Trinajstić information content (AvgIpc) is 3.10. The molecule has 0 bridgehead atoms. The Morgan fingerprint density at radius 3 is 2.59 bits per heavy atom. The van der Waals surface area contributed by atoms with Crippen LogP contribution in [0.4, 0.5) is 11.4 Å². The fraction of sp³-hybridized carbons (Fsp3) is 0.130. The van der Waals surface area contributed by atoms with E-state index in [0.29, 0.717) is 28.0 Å². The molecule has 0 atom stereocenters. The molecular weight excluding hydrogens is 410 g/mol. The summed E-state index contributed by atoms with van der Waals surface area (Å²) >= 11 is 0. The third-order valence-corrected chi connectivity index (χ3v) is 5.23. The maximum Gasteiger partial charge on any atom is 0.335 e. The number of nitrogens with zero attached hydrogens (tertiary/aromatic N) is 2. The maximum atomic E-state index is 12.1. The monoisotopic (exact) mass is 431 g/mol. The van der Waals surface area contributed by atoms with Gasteiger partial charge in [0.2, 0.25) is 0 Å². The van der Waals surface area contributed by atoms with E-state index in [1.807, 2.05) is 19.9 Å². The van der Waals surface area contributed by atoms with Crippen molar-refractivity contribution in [3.63, 3.8) is 0 Å². The number of fused-ring (bicyclic) bond motifs is 1. The van der Waals surface area contributed by atoms with Crippen LogP contribution in [-0.2, 0) is 0 Å². The van der Waals surface area contributed by atoms with E-state index in [1.165, 1.54) is 18.3 Å². The van der Waals surface area contributed by atoms with Gasteiger partial charge in [0.15, 0.2) is 0 Å². The number of amides is 1. The largest absolute Gasteiger partial charge is 0.496 e. The van der Waals surface area contributed by atoms with Gasteiger partial charge in [0.25, 0.3) is 5.91 Å². The van der Waals surface area contributed by atoms with E-state index in [-0.39, 0.29) is 11.1 Å². The van der Waals surface area contributed by atoms with Gasteiger partial charge >= 0.3 is 5.97 Å². The number of carboxylic acids is 1. The predicted octanol–water partition coefficient (Wildman–Crippen LogP) is 3.79. The number of aromatic amines is 1.